The molecular weight excluding hydrogens is 428 g/mol. The molecule has 5 rings (SSSR count). The minimum atomic E-state index is -1.24. The number of aryl methyl sites for hydroxylation is 2. The molecule has 1 N–H and O–H groups in total. The highest BCUT2D eigenvalue weighted by atomic mass is 16.5. The topological polar surface area (TPSA) is 102 Å². The van der Waals surface area contributed by atoms with Gasteiger partial charge >= 0.3 is 0 Å². The second-order valence-corrected chi connectivity index (χ2v) is 8.36. The van der Waals surface area contributed by atoms with Crippen LogP contribution in [0.4, 0.5) is 0 Å². The van der Waals surface area contributed by atoms with Gasteiger partial charge in [-0.2, -0.15) is 10.4 Å². The number of aromatic nitrogens is 5. The van der Waals surface area contributed by atoms with Crippen LogP contribution in [0.15, 0.2) is 55.0 Å². The van der Waals surface area contributed by atoms with Crippen molar-refractivity contribution in [1.82, 2.24) is 24.3 Å². The number of rotatable bonds is 5. The fourth-order valence-electron chi connectivity index (χ4n) is 4.32. The highest BCUT2D eigenvalue weighted by molar-refractivity contribution is 5.69. The van der Waals surface area contributed by atoms with Gasteiger partial charge in [-0.3, -0.25) is 0 Å². The van der Waals surface area contributed by atoms with Crippen molar-refractivity contribution in [3.63, 3.8) is 0 Å². The van der Waals surface area contributed by atoms with E-state index in [0.717, 1.165) is 29.1 Å². The number of aliphatic hydroxyl groups is 1. The summed E-state index contributed by atoms with van der Waals surface area (Å²) in [5.41, 5.74) is 2.81. The van der Waals surface area contributed by atoms with Crippen molar-refractivity contribution < 1.29 is 9.84 Å². The lowest BCUT2D eigenvalue weighted by atomic mass is 9.86. The van der Waals surface area contributed by atoms with Gasteiger partial charge in [0.2, 0.25) is 0 Å². The van der Waals surface area contributed by atoms with Crippen molar-refractivity contribution in [2.75, 3.05) is 7.11 Å². The number of benzene rings is 2. The van der Waals surface area contributed by atoms with Crippen LogP contribution in [0.5, 0.6) is 5.75 Å². The quantitative estimate of drug-likeness (QED) is 0.493. The van der Waals surface area contributed by atoms with E-state index in [-0.39, 0.29) is 0 Å². The molecule has 0 spiro atoms. The van der Waals surface area contributed by atoms with Crippen LogP contribution in [0.2, 0.25) is 0 Å². The van der Waals surface area contributed by atoms with Gasteiger partial charge in [0.1, 0.15) is 11.4 Å². The molecule has 0 unspecified atom stereocenters. The van der Waals surface area contributed by atoms with Crippen LogP contribution in [-0.4, -0.2) is 36.5 Å². The number of hydrogen-bond acceptors (Lipinski definition) is 6. The van der Waals surface area contributed by atoms with Crippen LogP contribution in [-0.2, 0) is 12.1 Å². The molecule has 170 valence electrons. The third-order valence-corrected chi connectivity index (χ3v) is 6.08. The van der Waals surface area contributed by atoms with E-state index in [9.17, 15) is 5.11 Å². The Kier molecular flexibility index (Phi) is 5.48. The van der Waals surface area contributed by atoms with E-state index in [1.807, 2.05) is 48.0 Å². The molecule has 8 nitrogen and oxygen atoms in total. The van der Waals surface area contributed by atoms with Crippen LogP contribution < -0.4 is 4.74 Å². The van der Waals surface area contributed by atoms with E-state index >= 15 is 0 Å². The monoisotopic (exact) mass is 452 g/mol. The Hall–Kier alpha value is -4.22. The van der Waals surface area contributed by atoms with Crippen molar-refractivity contribution in [3.05, 3.63) is 89.0 Å². The van der Waals surface area contributed by atoms with Crippen molar-refractivity contribution in [2.24, 2.45) is 0 Å². The maximum absolute atomic E-state index is 11.5. The smallest absolute Gasteiger partial charge is 0.174 e. The predicted molar refractivity (Wildman–Crippen MR) is 127 cm³/mol. The Morgan fingerprint density at radius 2 is 2.00 bits per heavy atom. The van der Waals surface area contributed by atoms with Crippen molar-refractivity contribution >= 4 is 12.2 Å². The van der Waals surface area contributed by atoms with E-state index < -0.39 is 5.60 Å². The first-order valence-corrected chi connectivity index (χ1v) is 11.1. The summed E-state index contributed by atoms with van der Waals surface area (Å²) in [7, 11) is 1.64. The second kappa shape index (κ2) is 8.61. The maximum Gasteiger partial charge on any atom is 0.174 e. The summed E-state index contributed by atoms with van der Waals surface area (Å²) < 4.78 is 9.29. The van der Waals surface area contributed by atoms with Gasteiger partial charge in [-0.05, 0) is 61.2 Å². The maximum atomic E-state index is 11.5. The summed E-state index contributed by atoms with van der Waals surface area (Å²) in [6.45, 7) is 2.64. The van der Waals surface area contributed by atoms with Gasteiger partial charge in [-0.15, -0.1) is 0 Å². The molecular formula is C26H24N6O2. The molecule has 0 fully saturated rings. The number of fused-ring (bicyclic) bond motifs is 1. The summed E-state index contributed by atoms with van der Waals surface area (Å²) in [6.07, 6.45) is 8.79. The Balaban J connectivity index is 1.43. The Bertz CT molecular complexity index is 1410. The molecule has 0 amide bonds. The minimum absolute atomic E-state index is 0.520. The number of nitrogens with zero attached hydrogens (tertiary/aromatic N) is 6. The molecule has 4 aromatic rings. The average Bonchev–Trinajstić information content (AvgIpc) is 3.49. The highest BCUT2D eigenvalue weighted by Crippen LogP contribution is 2.36. The number of methoxy groups -OCH3 is 1. The van der Waals surface area contributed by atoms with Crippen LogP contribution in [0.1, 0.15) is 46.9 Å². The molecule has 2 aromatic carbocycles. The third kappa shape index (κ3) is 3.87. The highest BCUT2D eigenvalue weighted by Gasteiger charge is 2.39. The predicted octanol–water partition coefficient (Wildman–Crippen LogP) is 3.85. The average molecular weight is 453 g/mol. The van der Waals surface area contributed by atoms with Gasteiger partial charge in [-0.1, -0.05) is 24.3 Å². The van der Waals surface area contributed by atoms with Crippen molar-refractivity contribution in [3.8, 4) is 17.5 Å². The molecule has 0 saturated heterocycles. The van der Waals surface area contributed by atoms with E-state index in [1.54, 1.807) is 42.4 Å². The number of hydrogen-bond donors (Lipinski definition) is 1. The molecule has 2 aromatic heterocycles. The molecule has 3 heterocycles. The van der Waals surface area contributed by atoms with Crippen LogP contribution >= 0.6 is 0 Å². The minimum Gasteiger partial charge on any atom is -0.495 e. The summed E-state index contributed by atoms with van der Waals surface area (Å²) in [4.78, 5) is 8.94. The SMILES string of the molecule is COc1cc(/C=C/c2nc3n(n2)CCC[C@@]3(O)c2ccc(C#N)cc2)ccc1-n1cnc(C)c1. The zero-order valence-electron chi connectivity index (χ0n) is 19.0. The normalized spacial score (nSPS) is 17.5. The summed E-state index contributed by atoms with van der Waals surface area (Å²) in [6, 6.07) is 15.0. The van der Waals surface area contributed by atoms with E-state index in [4.69, 9.17) is 10.00 Å². The summed E-state index contributed by atoms with van der Waals surface area (Å²) >= 11 is 0. The van der Waals surface area contributed by atoms with Crippen LogP contribution in [0, 0.1) is 18.3 Å². The van der Waals surface area contributed by atoms with E-state index in [2.05, 4.69) is 21.1 Å². The van der Waals surface area contributed by atoms with Gasteiger partial charge in [-0.25, -0.2) is 14.6 Å². The first-order chi connectivity index (χ1) is 16.5. The molecule has 0 radical (unpaired) electrons. The Labute approximate surface area is 197 Å². The third-order valence-electron chi connectivity index (χ3n) is 6.08. The largest absolute Gasteiger partial charge is 0.495 e. The number of ether oxygens (including phenoxy) is 1. The van der Waals surface area contributed by atoms with Gasteiger partial charge in [0.25, 0.3) is 0 Å². The van der Waals surface area contributed by atoms with Gasteiger partial charge in [0, 0.05) is 12.7 Å². The lowest BCUT2D eigenvalue weighted by Crippen LogP contribution is -2.35. The first-order valence-electron chi connectivity index (χ1n) is 11.1. The van der Waals surface area contributed by atoms with Gasteiger partial charge < -0.3 is 14.4 Å². The molecule has 1 atom stereocenters. The lowest BCUT2D eigenvalue weighted by Gasteiger charge is -2.31. The summed E-state index contributed by atoms with van der Waals surface area (Å²) in [5.74, 6) is 1.77. The lowest BCUT2D eigenvalue weighted by molar-refractivity contribution is 0.0395. The number of imidazole rings is 1. The van der Waals surface area contributed by atoms with E-state index in [0.29, 0.717) is 35.7 Å². The van der Waals surface area contributed by atoms with E-state index in [1.165, 1.54) is 0 Å². The van der Waals surface area contributed by atoms with Crippen molar-refractivity contribution in [2.45, 2.75) is 31.9 Å². The summed E-state index contributed by atoms with van der Waals surface area (Å²) in [5, 5.41) is 25.2. The van der Waals surface area contributed by atoms with Crippen molar-refractivity contribution in [1.29, 1.82) is 5.26 Å². The molecule has 0 saturated carbocycles. The fourth-order valence-corrected chi connectivity index (χ4v) is 4.32. The van der Waals surface area contributed by atoms with Crippen LogP contribution in [0.25, 0.3) is 17.8 Å². The van der Waals surface area contributed by atoms with Gasteiger partial charge in [0.15, 0.2) is 11.6 Å². The molecule has 1 aliphatic heterocycles. The molecule has 0 aliphatic carbocycles. The first kappa shape index (κ1) is 21.6. The Morgan fingerprint density at radius 1 is 1.18 bits per heavy atom. The fraction of sp³-hybridized carbons (Fsp3) is 0.231. The Morgan fingerprint density at radius 3 is 2.71 bits per heavy atom. The number of nitriles is 1. The molecule has 0 bridgehead atoms. The molecule has 1 aliphatic rings. The zero-order valence-corrected chi connectivity index (χ0v) is 19.0. The molecule has 34 heavy (non-hydrogen) atoms. The van der Waals surface area contributed by atoms with Crippen LogP contribution in [0.3, 0.4) is 0 Å². The van der Waals surface area contributed by atoms with Gasteiger partial charge in [0.05, 0.1) is 36.5 Å². The molecule has 8 heteroatoms. The second-order valence-electron chi connectivity index (χ2n) is 8.36. The standard InChI is InChI=1S/C26H24N6O2/c1-18-16-31(17-28-18)22-10-6-19(14-23(22)34-2)7-11-24-29-25-26(33,12-3-13-32(25)30-24)21-8-4-20(15-27)5-9-21/h4-11,14,16-17,33H,3,12-13H2,1-2H3/b11-7+/t26-/m1/s1. The zero-order chi connectivity index (χ0) is 23.7.